The molecule has 7 heteroatoms. The van der Waals surface area contributed by atoms with Crippen LogP contribution in [0.1, 0.15) is 25.1 Å². The summed E-state index contributed by atoms with van der Waals surface area (Å²) in [5.74, 6) is 1.33. The lowest BCUT2D eigenvalue weighted by Gasteiger charge is -2.22. The number of imidazole rings is 1. The van der Waals surface area contributed by atoms with Crippen molar-refractivity contribution >= 4 is 0 Å². The molecule has 27 heavy (non-hydrogen) atoms. The predicted octanol–water partition coefficient (Wildman–Crippen LogP) is 1.83. The molecule has 0 spiro atoms. The first-order chi connectivity index (χ1) is 13.2. The Labute approximate surface area is 161 Å². The van der Waals surface area contributed by atoms with Crippen LogP contribution in [0, 0.1) is 0 Å². The number of benzene rings is 1. The minimum Gasteiger partial charge on any atom is -0.493 e. The summed E-state index contributed by atoms with van der Waals surface area (Å²) in [5.41, 5.74) is 2.24. The molecule has 7 nitrogen and oxygen atoms in total. The summed E-state index contributed by atoms with van der Waals surface area (Å²) in [6, 6.07) is 5.88. The van der Waals surface area contributed by atoms with E-state index in [0.29, 0.717) is 18.0 Å². The van der Waals surface area contributed by atoms with Gasteiger partial charge in [0, 0.05) is 37.9 Å². The van der Waals surface area contributed by atoms with E-state index >= 15 is 0 Å². The van der Waals surface area contributed by atoms with Gasteiger partial charge >= 0.3 is 0 Å². The SMILES string of the molecule is CCN(CC)C[C@@H](O)COc1ccc(CNCCc2cnc[nH]2)cc1OC. The van der Waals surface area contributed by atoms with Gasteiger partial charge in [-0.25, -0.2) is 4.98 Å². The second-order valence-electron chi connectivity index (χ2n) is 6.44. The van der Waals surface area contributed by atoms with Gasteiger partial charge in [0.15, 0.2) is 11.5 Å². The van der Waals surface area contributed by atoms with Crippen LogP contribution in [0.3, 0.4) is 0 Å². The van der Waals surface area contributed by atoms with E-state index in [2.05, 4.69) is 34.0 Å². The Morgan fingerprint density at radius 3 is 2.74 bits per heavy atom. The number of H-pyrrole nitrogens is 1. The number of aromatic nitrogens is 2. The molecule has 1 aromatic heterocycles. The molecule has 2 rings (SSSR count). The van der Waals surface area contributed by atoms with Gasteiger partial charge in [0.1, 0.15) is 12.7 Å². The number of nitrogens with one attached hydrogen (secondary N) is 2. The van der Waals surface area contributed by atoms with Crippen molar-refractivity contribution in [3.05, 3.63) is 42.0 Å². The zero-order valence-corrected chi connectivity index (χ0v) is 16.6. The van der Waals surface area contributed by atoms with E-state index < -0.39 is 6.10 Å². The average molecular weight is 377 g/mol. The Morgan fingerprint density at radius 1 is 1.26 bits per heavy atom. The minimum absolute atomic E-state index is 0.245. The highest BCUT2D eigenvalue weighted by atomic mass is 16.5. The number of likely N-dealkylation sites (N-methyl/N-ethyl adjacent to an activating group) is 1. The smallest absolute Gasteiger partial charge is 0.161 e. The third-order valence-corrected chi connectivity index (χ3v) is 4.48. The van der Waals surface area contributed by atoms with Crippen molar-refractivity contribution in [3.63, 3.8) is 0 Å². The fourth-order valence-corrected chi connectivity index (χ4v) is 2.84. The summed E-state index contributed by atoms with van der Waals surface area (Å²) in [5, 5.41) is 13.6. The van der Waals surface area contributed by atoms with Crippen molar-refractivity contribution in [2.45, 2.75) is 32.9 Å². The van der Waals surface area contributed by atoms with E-state index in [9.17, 15) is 5.11 Å². The quantitative estimate of drug-likeness (QED) is 0.463. The molecule has 0 aliphatic carbocycles. The van der Waals surface area contributed by atoms with Crippen LogP contribution >= 0.6 is 0 Å². The number of aromatic amines is 1. The number of ether oxygens (including phenoxy) is 2. The molecule has 0 saturated carbocycles. The van der Waals surface area contributed by atoms with Gasteiger partial charge in [0.05, 0.1) is 13.4 Å². The number of aliphatic hydroxyl groups excluding tert-OH is 1. The Morgan fingerprint density at radius 2 is 2.07 bits per heavy atom. The third kappa shape index (κ3) is 7.21. The molecular formula is C20H32N4O3. The molecule has 0 saturated heterocycles. The maximum atomic E-state index is 10.2. The monoisotopic (exact) mass is 376 g/mol. The molecule has 1 heterocycles. The number of nitrogens with zero attached hydrogens (tertiary/aromatic N) is 2. The molecule has 0 unspecified atom stereocenters. The van der Waals surface area contributed by atoms with Gasteiger partial charge in [-0.3, -0.25) is 0 Å². The van der Waals surface area contributed by atoms with Crippen molar-refractivity contribution in [1.82, 2.24) is 20.2 Å². The highest BCUT2D eigenvalue weighted by Gasteiger charge is 2.12. The van der Waals surface area contributed by atoms with E-state index in [1.54, 1.807) is 13.4 Å². The molecule has 2 aromatic rings. The molecule has 1 aromatic carbocycles. The Kier molecular flexibility index (Phi) is 9.10. The Hall–Kier alpha value is -2.09. The normalized spacial score (nSPS) is 12.3. The number of hydrogen-bond donors (Lipinski definition) is 3. The summed E-state index contributed by atoms with van der Waals surface area (Å²) >= 11 is 0. The molecule has 0 amide bonds. The molecule has 0 bridgehead atoms. The van der Waals surface area contributed by atoms with Gasteiger partial charge in [0.25, 0.3) is 0 Å². The van der Waals surface area contributed by atoms with E-state index in [4.69, 9.17) is 9.47 Å². The molecule has 0 aliphatic rings. The van der Waals surface area contributed by atoms with Gasteiger partial charge in [-0.1, -0.05) is 19.9 Å². The lowest BCUT2D eigenvalue weighted by atomic mass is 10.2. The van der Waals surface area contributed by atoms with Crippen LogP contribution < -0.4 is 14.8 Å². The summed E-state index contributed by atoms with van der Waals surface area (Å²) in [6.07, 6.45) is 3.91. The van der Waals surface area contributed by atoms with Crippen LogP contribution in [-0.4, -0.2) is 66.0 Å². The van der Waals surface area contributed by atoms with Crippen molar-refractivity contribution in [1.29, 1.82) is 0 Å². The first-order valence-corrected chi connectivity index (χ1v) is 9.54. The van der Waals surface area contributed by atoms with Gasteiger partial charge in [-0.15, -0.1) is 0 Å². The van der Waals surface area contributed by atoms with Crippen LogP contribution in [0.15, 0.2) is 30.7 Å². The Bertz CT molecular complexity index is 645. The van der Waals surface area contributed by atoms with Gasteiger partial charge in [0.2, 0.25) is 0 Å². The van der Waals surface area contributed by atoms with Crippen molar-refractivity contribution in [3.8, 4) is 11.5 Å². The molecule has 0 radical (unpaired) electrons. The highest BCUT2D eigenvalue weighted by molar-refractivity contribution is 5.43. The lowest BCUT2D eigenvalue weighted by molar-refractivity contribution is 0.0705. The fraction of sp³-hybridized carbons (Fsp3) is 0.550. The molecular weight excluding hydrogens is 344 g/mol. The van der Waals surface area contributed by atoms with Crippen molar-refractivity contribution in [2.24, 2.45) is 0 Å². The van der Waals surface area contributed by atoms with Crippen molar-refractivity contribution in [2.75, 3.05) is 39.9 Å². The zero-order chi connectivity index (χ0) is 19.5. The number of aliphatic hydroxyl groups is 1. The van der Waals surface area contributed by atoms with E-state index in [1.807, 2.05) is 24.4 Å². The number of methoxy groups -OCH3 is 1. The first kappa shape index (κ1) is 21.2. The standard InChI is InChI=1S/C20H32N4O3/c1-4-24(5-2)13-18(25)14-27-19-7-6-16(10-20(19)26-3)11-21-9-8-17-12-22-15-23-17/h6-7,10,12,15,18,21,25H,4-5,8-9,11,13-14H2,1-3H3,(H,22,23)/t18-/m1/s1. The van der Waals surface area contributed by atoms with E-state index in [0.717, 1.165) is 43.9 Å². The highest BCUT2D eigenvalue weighted by Crippen LogP contribution is 2.28. The van der Waals surface area contributed by atoms with Gasteiger partial charge in [-0.05, 0) is 30.8 Å². The topological polar surface area (TPSA) is 82.6 Å². The van der Waals surface area contributed by atoms with Crippen LogP contribution in [-0.2, 0) is 13.0 Å². The lowest BCUT2D eigenvalue weighted by Crippen LogP contribution is -2.35. The van der Waals surface area contributed by atoms with E-state index in [1.165, 1.54) is 0 Å². The van der Waals surface area contributed by atoms with Crippen LogP contribution in [0.5, 0.6) is 11.5 Å². The maximum Gasteiger partial charge on any atom is 0.161 e. The summed E-state index contributed by atoms with van der Waals surface area (Å²) in [6.45, 7) is 8.46. The Balaban J connectivity index is 1.80. The average Bonchev–Trinajstić information content (AvgIpc) is 3.21. The predicted molar refractivity (Wildman–Crippen MR) is 106 cm³/mol. The van der Waals surface area contributed by atoms with Gasteiger partial charge in [-0.2, -0.15) is 0 Å². The zero-order valence-electron chi connectivity index (χ0n) is 16.6. The summed E-state index contributed by atoms with van der Waals surface area (Å²) < 4.78 is 11.2. The third-order valence-electron chi connectivity index (χ3n) is 4.48. The van der Waals surface area contributed by atoms with Crippen LogP contribution in [0.25, 0.3) is 0 Å². The van der Waals surface area contributed by atoms with Crippen molar-refractivity contribution < 1.29 is 14.6 Å². The minimum atomic E-state index is -0.529. The van der Waals surface area contributed by atoms with Crippen LogP contribution in [0.2, 0.25) is 0 Å². The van der Waals surface area contributed by atoms with Gasteiger partial charge < -0.3 is 29.8 Å². The van der Waals surface area contributed by atoms with E-state index in [-0.39, 0.29) is 6.61 Å². The molecule has 1 atom stereocenters. The second kappa shape index (κ2) is 11.6. The molecule has 0 fully saturated rings. The number of rotatable bonds is 13. The first-order valence-electron chi connectivity index (χ1n) is 9.54. The molecule has 150 valence electrons. The maximum absolute atomic E-state index is 10.2. The second-order valence-corrected chi connectivity index (χ2v) is 6.44. The summed E-state index contributed by atoms with van der Waals surface area (Å²) in [4.78, 5) is 9.27. The molecule has 3 N–H and O–H groups in total. The fourth-order valence-electron chi connectivity index (χ4n) is 2.84. The number of hydrogen-bond acceptors (Lipinski definition) is 6. The largest absolute Gasteiger partial charge is 0.493 e. The van der Waals surface area contributed by atoms with Crippen LogP contribution in [0.4, 0.5) is 0 Å². The molecule has 0 aliphatic heterocycles. The summed E-state index contributed by atoms with van der Waals surface area (Å²) in [7, 11) is 1.63.